The maximum atomic E-state index is 13.9. The first-order chi connectivity index (χ1) is 17.3. The van der Waals surface area contributed by atoms with Gasteiger partial charge >= 0.3 is 12.1 Å². The van der Waals surface area contributed by atoms with Crippen molar-refractivity contribution in [3.05, 3.63) is 94.2 Å². The zero-order valence-corrected chi connectivity index (χ0v) is 21.2. The molecule has 2 aromatic carbocycles. The summed E-state index contributed by atoms with van der Waals surface area (Å²) in [5.41, 5.74) is -0.283. The van der Waals surface area contributed by atoms with E-state index in [4.69, 9.17) is 16.7 Å². The molecule has 0 bridgehead atoms. The molecule has 0 amide bonds. The van der Waals surface area contributed by atoms with Crippen molar-refractivity contribution in [2.75, 3.05) is 0 Å². The van der Waals surface area contributed by atoms with Crippen molar-refractivity contribution in [1.29, 1.82) is 0 Å². The molecule has 194 valence electrons. The Kier molecular flexibility index (Phi) is 7.24. The van der Waals surface area contributed by atoms with Gasteiger partial charge in [0, 0.05) is 27.8 Å². The Labute approximate surface area is 218 Å². The van der Waals surface area contributed by atoms with Crippen LogP contribution in [0.25, 0.3) is 21.3 Å². The number of aryl methyl sites for hydroxylation is 1. The molecule has 1 unspecified atom stereocenters. The predicted octanol–water partition coefficient (Wildman–Crippen LogP) is 7.30. The third kappa shape index (κ3) is 5.29. The predicted molar refractivity (Wildman–Crippen MR) is 135 cm³/mol. The number of carboxylic acid groups (broad SMARTS) is 1. The summed E-state index contributed by atoms with van der Waals surface area (Å²) in [7, 11) is -4.23. The van der Waals surface area contributed by atoms with E-state index < -0.39 is 43.8 Å². The highest BCUT2D eigenvalue weighted by atomic mass is 35.5. The standard InChI is InChI=1S/C25H18ClF4NO4S2/c1-2-23(22-9-8-21(36-22)14-3-6-19(26)18(11-14)25(28,29)30)37(34,35)31-13-15(4-10-24(32)33)17-12-16(27)5-7-20(17)31/h2-3,5-9,11-13,23H,1,4,10H2,(H,32,33). The number of benzene rings is 2. The SMILES string of the molecule is C=CC(c1ccc(-c2ccc(Cl)c(C(F)(F)F)c2)s1)S(=O)(=O)n1cc(CCC(=O)O)c2cc(F)ccc21. The highest BCUT2D eigenvalue weighted by Crippen LogP contribution is 2.41. The van der Waals surface area contributed by atoms with Crippen LogP contribution >= 0.6 is 22.9 Å². The summed E-state index contributed by atoms with van der Waals surface area (Å²) in [6.07, 6.45) is -2.50. The van der Waals surface area contributed by atoms with Gasteiger partial charge in [-0.15, -0.1) is 17.9 Å². The highest BCUT2D eigenvalue weighted by Gasteiger charge is 2.34. The third-order valence-electron chi connectivity index (χ3n) is 5.70. The number of thiophene rings is 1. The van der Waals surface area contributed by atoms with Crippen LogP contribution in [0, 0.1) is 5.82 Å². The van der Waals surface area contributed by atoms with Gasteiger partial charge in [0.1, 0.15) is 11.1 Å². The van der Waals surface area contributed by atoms with Crippen LogP contribution in [0.1, 0.15) is 27.7 Å². The zero-order valence-electron chi connectivity index (χ0n) is 18.8. The Morgan fingerprint density at radius 2 is 1.89 bits per heavy atom. The summed E-state index contributed by atoms with van der Waals surface area (Å²) in [6.45, 7) is 3.64. The average molecular weight is 572 g/mol. The number of hydrogen-bond acceptors (Lipinski definition) is 4. The maximum Gasteiger partial charge on any atom is 0.417 e. The molecule has 37 heavy (non-hydrogen) atoms. The van der Waals surface area contributed by atoms with E-state index in [1.54, 1.807) is 0 Å². The van der Waals surface area contributed by atoms with Crippen LogP contribution in [-0.4, -0.2) is 23.5 Å². The Morgan fingerprint density at radius 3 is 2.54 bits per heavy atom. The first-order valence-corrected chi connectivity index (χ1v) is 13.4. The molecular weight excluding hydrogens is 554 g/mol. The number of carbonyl (C=O) groups is 1. The molecule has 0 aliphatic carbocycles. The molecule has 2 heterocycles. The number of fused-ring (bicyclic) bond motifs is 1. The monoisotopic (exact) mass is 571 g/mol. The summed E-state index contributed by atoms with van der Waals surface area (Å²) in [5, 5.41) is 7.57. The molecule has 4 aromatic rings. The van der Waals surface area contributed by atoms with E-state index in [9.17, 15) is 30.8 Å². The second-order valence-corrected chi connectivity index (χ2v) is 11.6. The van der Waals surface area contributed by atoms with Crippen molar-refractivity contribution in [2.45, 2.75) is 24.3 Å². The minimum Gasteiger partial charge on any atom is -0.481 e. The quantitative estimate of drug-likeness (QED) is 0.178. The number of nitrogens with zero attached hydrogens (tertiary/aromatic N) is 1. The Balaban J connectivity index is 1.77. The number of alkyl halides is 3. The first-order valence-electron chi connectivity index (χ1n) is 10.7. The number of halogens is 5. The summed E-state index contributed by atoms with van der Waals surface area (Å²) < 4.78 is 82.2. The molecule has 12 heteroatoms. The van der Waals surface area contributed by atoms with Gasteiger partial charge in [-0.2, -0.15) is 13.2 Å². The smallest absolute Gasteiger partial charge is 0.417 e. The average Bonchev–Trinajstić information content (AvgIpc) is 3.43. The van der Waals surface area contributed by atoms with Crippen LogP contribution in [-0.2, 0) is 27.4 Å². The second-order valence-electron chi connectivity index (χ2n) is 8.10. The second kappa shape index (κ2) is 9.96. The Morgan fingerprint density at radius 1 is 1.16 bits per heavy atom. The number of carboxylic acids is 1. The van der Waals surface area contributed by atoms with E-state index in [1.807, 2.05) is 0 Å². The van der Waals surface area contributed by atoms with E-state index in [0.717, 1.165) is 39.6 Å². The first kappa shape index (κ1) is 26.9. The van der Waals surface area contributed by atoms with Crippen molar-refractivity contribution in [1.82, 2.24) is 3.97 Å². The van der Waals surface area contributed by atoms with E-state index in [1.165, 1.54) is 36.5 Å². The van der Waals surface area contributed by atoms with Crippen LogP contribution in [0.4, 0.5) is 17.6 Å². The van der Waals surface area contributed by atoms with Crippen molar-refractivity contribution >= 4 is 49.8 Å². The molecule has 1 N–H and O–H groups in total. The number of aliphatic carboxylic acids is 1. The normalized spacial score (nSPS) is 13.1. The van der Waals surface area contributed by atoms with Gasteiger partial charge in [0.25, 0.3) is 10.0 Å². The minimum absolute atomic E-state index is 0.0161. The minimum atomic E-state index is -4.66. The fourth-order valence-corrected chi connectivity index (χ4v) is 7.24. The van der Waals surface area contributed by atoms with E-state index in [-0.39, 0.29) is 29.3 Å². The van der Waals surface area contributed by atoms with Crippen LogP contribution in [0.5, 0.6) is 0 Å². The van der Waals surface area contributed by atoms with Crippen molar-refractivity contribution in [3.8, 4) is 10.4 Å². The lowest BCUT2D eigenvalue weighted by atomic mass is 10.1. The lowest BCUT2D eigenvalue weighted by Gasteiger charge is -2.14. The van der Waals surface area contributed by atoms with Gasteiger partial charge < -0.3 is 5.11 Å². The molecule has 4 rings (SSSR count). The third-order valence-corrected chi connectivity index (χ3v) is 9.33. The lowest BCUT2D eigenvalue weighted by molar-refractivity contribution is -0.138. The van der Waals surface area contributed by atoms with Crippen LogP contribution < -0.4 is 0 Å². The van der Waals surface area contributed by atoms with Gasteiger partial charge in [0.05, 0.1) is 16.1 Å². The number of rotatable bonds is 8. The molecule has 2 aromatic heterocycles. The number of aromatic nitrogens is 1. The maximum absolute atomic E-state index is 13.9. The Bertz CT molecular complexity index is 1620. The summed E-state index contributed by atoms with van der Waals surface area (Å²) in [6, 6.07) is 9.97. The van der Waals surface area contributed by atoms with Crippen molar-refractivity contribution in [3.63, 3.8) is 0 Å². The molecule has 5 nitrogen and oxygen atoms in total. The summed E-state index contributed by atoms with van der Waals surface area (Å²) in [5.74, 6) is -1.70. The molecule has 0 saturated heterocycles. The van der Waals surface area contributed by atoms with Gasteiger partial charge in [0.15, 0.2) is 0 Å². The van der Waals surface area contributed by atoms with Gasteiger partial charge in [0.2, 0.25) is 0 Å². The molecule has 0 aliphatic heterocycles. The molecule has 1 atom stereocenters. The molecule has 0 spiro atoms. The van der Waals surface area contributed by atoms with Crippen LogP contribution in [0.3, 0.4) is 0 Å². The zero-order chi connectivity index (χ0) is 27.1. The van der Waals surface area contributed by atoms with Crippen molar-refractivity contribution < 1.29 is 35.9 Å². The van der Waals surface area contributed by atoms with E-state index >= 15 is 0 Å². The molecule has 0 radical (unpaired) electrons. The van der Waals surface area contributed by atoms with E-state index in [0.29, 0.717) is 15.3 Å². The highest BCUT2D eigenvalue weighted by molar-refractivity contribution is 7.90. The fraction of sp³-hybridized carbons (Fsp3) is 0.160. The van der Waals surface area contributed by atoms with Gasteiger partial charge in [-0.3, -0.25) is 4.79 Å². The fourth-order valence-electron chi connectivity index (χ4n) is 3.95. The van der Waals surface area contributed by atoms with Gasteiger partial charge in [-0.25, -0.2) is 16.8 Å². The molecule has 0 fully saturated rings. The van der Waals surface area contributed by atoms with Crippen LogP contribution in [0.15, 0.2) is 67.4 Å². The van der Waals surface area contributed by atoms with Gasteiger partial charge in [-0.05, 0) is 60.0 Å². The number of hydrogen-bond donors (Lipinski definition) is 1. The summed E-state index contributed by atoms with van der Waals surface area (Å²) in [4.78, 5) is 11.7. The summed E-state index contributed by atoms with van der Waals surface area (Å²) >= 11 is 6.69. The van der Waals surface area contributed by atoms with Crippen LogP contribution in [0.2, 0.25) is 5.02 Å². The molecule has 0 saturated carbocycles. The molecule has 0 aliphatic rings. The van der Waals surface area contributed by atoms with Crippen molar-refractivity contribution in [2.24, 2.45) is 0 Å². The Hall–Kier alpha value is -3.15. The van der Waals surface area contributed by atoms with E-state index in [2.05, 4.69) is 6.58 Å². The topological polar surface area (TPSA) is 76.4 Å². The largest absolute Gasteiger partial charge is 0.481 e. The van der Waals surface area contributed by atoms with Gasteiger partial charge in [-0.1, -0.05) is 23.7 Å². The lowest BCUT2D eigenvalue weighted by Crippen LogP contribution is -2.18. The molecular formula is C25H18ClF4NO4S2.